The van der Waals surface area contributed by atoms with Crippen molar-refractivity contribution in [1.29, 1.82) is 0 Å². The van der Waals surface area contributed by atoms with Crippen molar-refractivity contribution in [3.63, 3.8) is 0 Å². The number of hydrogen-bond acceptors (Lipinski definition) is 10. The third kappa shape index (κ3) is 10.0. The number of carbonyl (C=O) groups excluding carboxylic acids is 1. The maximum Gasteiger partial charge on any atom is 0.470 e. The van der Waals surface area contributed by atoms with Crippen LogP contribution in [0.1, 0.15) is 76.4 Å². The van der Waals surface area contributed by atoms with Gasteiger partial charge in [0.2, 0.25) is 6.29 Å². The molecule has 8 unspecified atom stereocenters. The molecule has 13 heteroatoms. The van der Waals surface area contributed by atoms with Gasteiger partial charge in [-0.15, -0.1) is 0 Å². The van der Waals surface area contributed by atoms with Gasteiger partial charge in [0, 0.05) is 13.0 Å². The van der Waals surface area contributed by atoms with Crippen LogP contribution in [-0.2, 0) is 23.4 Å². The maximum absolute atomic E-state index is 12.8. The number of phosphoric ester groups is 1. The zero-order valence-electron chi connectivity index (χ0n) is 22.9. The molecule has 7 N–H and O–H groups in total. The van der Waals surface area contributed by atoms with Gasteiger partial charge < -0.3 is 45.1 Å². The summed E-state index contributed by atoms with van der Waals surface area (Å²) in [5.74, 6) is 0.595. The Kier molecular flexibility index (Phi) is 12.8. The number of aliphatic hydroxyl groups excluding tert-OH is 3. The van der Waals surface area contributed by atoms with E-state index >= 15 is 0 Å². The first-order chi connectivity index (χ1) is 19.1. The molecule has 228 valence electrons. The zero-order valence-corrected chi connectivity index (χ0v) is 23.8. The molecule has 40 heavy (non-hydrogen) atoms. The molecule has 0 bridgehead atoms. The Bertz CT molecular complexity index is 958. The van der Waals surface area contributed by atoms with E-state index in [1.54, 1.807) is 12.1 Å². The molecule has 1 aromatic carbocycles. The van der Waals surface area contributed by atoms with E-state index in [1.165, 1.54) is 44.2 Å². The minimum absolute atomic E-state index is 0.0159. The molecule has 1 saturated heterocycles. The minimum Gasteiger partial charge on any atom is -0.461 e. The fraction of sp³-hybridized carbons (Fsp3) is 0.741. The van der Waals surface area contributed by atoms with Crippen LogP contribution >= 0.6 is 7.82 Å². The van der Waals surface area contributed by atoms with Crippen molar-refractivity contribution >= 4 is 13.8 Å². The molecule has 0 radical (unpaired) electrons. The predicted octanol–water partition coefficient (Wildman–Crippen LogP) is 2.30. The van der Waals surface area contributed by atoms with Gasteiger partial charge in [0.25, 0.3) is 0 Å². The summed E-state index contributed by atoms with van der Waals surface area (Å²) in [4.78, 5) is 31.8. The number of phosphoric acid groups is 1. The van der Waals surface area contributed by atoms with E-state index in [-0.39, 0.29) is 18.7 Å². The van der Waals surface area contributed by atoms with Gasteiger partial charge in [-0.05, 0) is 42.4 Å². The van der Waals surface area contributed by atoms with Gasteiger partial charge in [-0.2, -0.15) is 0 Å². The van der Waals surface area contributed by atoms with E-state index in [4.69, 9.17) is 24.5 Å². The Morgan fingerprint density at radius 3 is 2.40 bits per heavy atom. The highest BCUT2D eigenvalue weighted by molar-refractivity contribution is 7.46. The van der Waals surface area contributed by atoms with Crippen molar-refractivity contribution in [2.24, 2.45) is 17.6 Å². The van der Waals surface area contributed by atoms with Crippen LogP contribution in [0.4, 0.5) is 0 Å². The lowest BCUT2D eigenvalue weighted by Crippen LogP contribution is -2.62. The van der Waals surface area contributed by atoms with E-state index in [1.807, 2.05) is 0 Å². The normalized spacial score (nSPS) is 29.1. The van der Waals surface area contributed by atoms with Crippen LogP contribution in [0.25, 0.3) is 0 Å². The van der Waals surface area contributed by atoms with Crippen LogP contribution in [0.15, 0.2) is 24.3 Å². The molecule has 0 amide bonds. The molecular formula is C27H44NO11P. The number of benzene rings is 1. The van der Waals surface area contributed by atoms with Crippen LogP contribution in [0.2, 0.25) is 0 Å². The number of ether oxygens (including phenoxy) is 3. The molecule has 1 aliphatic heterocycles. The summed E-state index contributed by atoms with van der Waals surface area (Å²) >= 11 is 0. The topological polar surface area (TPSA) is 198 Å². The maximum atomic E-state index is 12.8. The number of unbranched alkanes of at least 4 members (excludes halogenated alkanes) is 4. The Balaban J connectivity index is 1.65. The highest BCUT2D eigenvalue weighted by Crippen LogP contribution is 2.46. The summed E-state index contributed by atoms with van der Waals surface area (Å²) in [6, 6.07) is 6.14. The third-order valence-electron chi connectivity index (χ3n) is 7.53. The largest absolute Gasteiger partial charge is 0.470 e. The standard InChI is InChI=1S/C27H44NO11P/c1-2-3-4-5-6-7-18-14-19(18)10-13-23(31)38-26-25(39-40(33,34)35)24(32)22(16-29)37-27(26)36-20-11-8-17(9-12-20)21(30)15-28/h8-9,11-12,18-19,21-22,24-27,29-30,32H,2-7,10,13-16,28H2,1H3,(H2,33,34,35). The van der Waals surface area contributed by atoms with Crippen molar-refractivity contribution in [3.8, 4) is 5.75 Å². The van der Waals surface area contributed by atoms with Crippen LogP contribution in [0.5, 0.6) is 5.75 Å². The average Bonchev–Trinajstić information content (AvgIpc) is 3.68. The molecule has 1 heterocycles. The molecule has 1 aromatic rings. The summed E-state index contributed by atoms with van der Waals surface area (Å²) in [7, 11) is -5.15. The van der Waals surface area contributed by atoms with Gasteiger partial charge in [0.15, 0.2) is 6.10 Å². The van der Waals surface area contributed by atoms with Crippen LogP contribution < -0.4 is 10.5 Å². The molecule has 2 aliphatic rings. The lowest BCUT2D eigenvalue weighted by molar-refractivity contribution is -0.279. The van der Waals surface area contributed by atoms with Crippen LogP contribution in [0.3, 0.4) is 0 Å². The second-order valence-corrected chi connectivity index (χ2v) is 11.9. The lowest BCUT2D eigenvalue weighted by Gasteiger charge is -2.42. The molecule has 1 aliphatic carbocycles. The van der Waals surface area contributed by atoms with E-state index in [0.29, 0.717) is 23.8 Å². The van der Waals surface area contributed by atoms with Crippen molar-refractivity contribution in [2.45, 2.75) is 102 Å². The molecule has 8 atom stereocenters. The van der Waals surface area contributed by atoms with Crippen LogP contribution in [0, 0.1) is 11.8 Å². The average molecular weight is 590 g/mol. The van der Waals surface area contributed by atoms with Gasteiger partial charge in [-0.1, -0.05) is 57.6 Å². The first-order valence-electron chi connectivity index (χ1n) is 14.1. The summed E-state index contributed by atoms with van der Waals surface area (Å²) in [5.41, 5.74) is 6.02. The number of hydrogen-bond donors (Lipinski definition) is 6. The van der Waals surface area contributed by atoms with Gasteiger partial charge in [-0.25, -0.2) is 4.57 Å². The Morgan fingerprint density at radius 1 is 1.10 bits per heavy atom. The predicted molar refractivity (Wildman–Crippen MR) is 144 cm³/mol. The summed E-state index contributed by atoms with van der Waals surface area (Å²) in [6.07, 6.45) is 0.300. The second-order valence-electron chi connectivity index (χ2n) is 10.7. The monoisotopic (exact) mass is 589 g/mol. The van der Waals surface area contributed by atoms with E-state index in [0.717, 1.165) is 12.8 Å². The van der Waals surface area contributed by atoms with E-state index in [9.17, 15) is 34.5 Å². The second kappa shape index (κ2) is 15.6. The van der Waals surface area contributed by atoms with Gasteiger partial charge >= 0.3 is 13.8 Å². The SMILES string of the molecule is CCCCCCCC1CC1CCC(=O)OC1C(Oc2ccc(C(O)CN)cc2)OC(CO)C(O)C1OP(=O)(O)O. The minimum atomic E-state index is -5.15. The molecule has 1 saturated carbocycles. The zero-order chi connectivity index (χ0) is 29.3. The molecule has 0 spiro atoms. The number of carbonyl (C=O) groups is 1. The fourth-order valence-corrected chi connectivity index (χ4v) is 5.68. The number of nitrogens with two attached hydrogens (primary N) is 1. The third-order valence-corrected chi connectivity index (χ3v) is 8.05. The van der Waals surface area contributed by atoms with Crippen molar-refractivity contribution < 1.29 is 53.2 Å². The molecule has 3 rings (SSSR count). The number of esters is 1. The summed E-state index contributed by atoms with van der Waals surface area (Å²) in [6.45, 7) is 1.48. The first-order valence-corrected chi connectivity index (χ1v) is 15.6. The van der Waals surface area contributed by atoms with E-state index in [2.05, 4.69) is 6.92 Å². The Labute approximate surface area is 235 Å². The van der Waals surface area contributed by atoms with Gasteiger partial charge in [0.05, 0.1) is 12.7 Å². The smallest absolute Gasteiger partial charge is 0.461 e. The Hall–Kier alpha value is -1.60. The van der Waals surface area contributed by atoms with Crippen molar-refractivity contribution in [1.82, 2.24) is 0 Å². The quantitative estimate of drug-likeness (QED) is 0.0882. The first kappa shape index (κ1) is 32.9. The van der Waals surface area contributed by atoms with E-state index < -0.39 is 57.2 Å². The summed E-state index contributed by atoms with van der Waals surface area (Å²) in [5, 5.41) is 30.3. The molecule has 12 nitrogen and oxygen atoms in total. The molecule has 2 fully saturated rings. The fourth-order valence-electron chi connectivity index (χ4n) is 5.12. The van der Waals surface area contributed by atoms with Crippen molar-refractivity contribution in [3.05, 3.63) is 29.8 Å². The molecular weight excluding hydrogens is 545 g/mol. The lowest BCUT2D eigenvalue weighted by atomic mass is 9.99. The van der Waals surface area contributed by atoms with Crippen LogP contribution in [-0.4, -0.2) is 74.9 Å². The number of rotatable bonds is 17. The Morgan fingerprint density at radius 2 is 1.77 bits per heavy atom. The highest BCUT2D eigenvalue weighted by Gasteiger charge is 2.51. The number of aliphatic hydroxyl groups is 3. The van der Waals surface area contributed by atoms with Gasteiger partial charge in [0.1, 0.15) is 24.1 Å². The highest BCUT2D eigenvalue weighted by atomic mass is 31.2. The van der Waals surface area contributed by atoms with Gasteiger partial charge in [-0.3, -0.25) is 9.32 Å². The summed E-state index contributed by atoms with van der Waals surface area (Å²) < 4.78 is 33.5. The van der Waals surface area contributed by atoms with Crippen molar-refractivity contribution in [2.75, 3.05) is 13.2 Å². The molecule has 0 aromatic heterocycles.